The minimum Gasteiger partial charge on any atom is -0.497 e. The molecule has 2 aliphatic rings. The molecule has 2 saturated heterocycles. The van der Waals surface area contributed by atoms with Crippen molar-refractivity contribution < 1.29 is 9.47 Å². The lowest BCUT2D eigenvalue weighted by atomic mass is 9.96. The third kappa shape index (κ3) is 6.98. The molecule has 2 atom stereocenters. The van der Waals surface area contributed by atoms with Crippen molar-refractivity contribution in [2.45, 2.75) is 70.5 Å². The fourth-order valence-electron chi connectivity index (χ4n) is 6.16. The molecule has 202 valence electrons. The average molecular weight is 513 g/mol. The van der Waals surface area contributed by atoms with Crippen LogP contribution in [-0.4, -0.2) is 49.2 Å². The number of piperidine rings is 1. The lowest BCUT2D eigenvalue weighted by Crippen LogP contribution is -2.32. The van der Waals surface area contributed by atoms with Crippen LogP contribution in [0.3, 0.4) is 0 Å². The van der Waals surface area contributed by atoms with Gasteiger partial charge in [0.25, 0.3) is 0 Å². The van der Waals surface area contributed by atoms with Crippen molar-refractivity contribution in [3.05, 3.63) is 83.9 Å². The van der Waals surface area contributed by atoms with Crippen molar-refractivity contribution in [1.29, 1.82) is 0 Å². The summed E-state index contributed by atoms with van der Waals surface area (Å²) in [5.74, 6) is 1.76. The van der Waals surface area contributed by atoms with Gasteiger partial charge < -0.3 is 9.47 Å². The van der Waals surface area contributed by atoms with E-state index in [0.717, 1.165) is 37.5 Å². The van der Waals surface area contributed by atoms with Crippen LogP contribution < -0.4 is 9.47 Å². The van der Waals surface area contributed by atoms with Gasteiger partial charge in [-0.05, 0) is 112 Å². The summed E-state index contributed by atoms with van der Waals surface area (Å²) < 4.78 is 11.3. The average Bonchev–Trinajstić information content (AvgIpc) is 3.40. The molecule has 0 bridgehead atoms. The number of likely N-dealkylation sites (tertiary alicyclic amines) is 2. The zero-order valence-corrected chi connectivity index (χ0v) is 23.3. The monoisotopic (exact) mass is 512 g/mol. The molecular formula is C34H44N2O2. The predicted molar refractivity (Wildman–Crippen MR) is 157 cm³/mol. The standard InChI is InChI=1S/C34H44N2O2/c1-27-8-6-24-36(27)34(9-7-25-38-33-20-18-32(37-2)19-21-33)31-16-14-30(15-17-31)29-12-10-28(11-13-29)26-35-22-4-3-5-23-35/h10-21,27,34H,3-9,22-26H2,1-2H3/t27-,34+/m0/s1. The van der Waals surface area contributed by atoms with Crippen molar-refractivity contribution in [1.82, 2.24) is 9.80 Å². The second-order valence-electron chi connectivity index (χ2n) is 11.1. The van der Waals surface area contributed by atoms with Crippen LogP contribution in [0.4, 0.5) is 0 Å². The summed E-state index contributed by atoms with van der Waals surface area (Å²) in [5, 5.41) is 0. The summed E-state index contributed by atoms with van der Waals surface area (Å²) in [6.45, 7) is 7.87. The Morgan fingerprint density at radius 2 is 1.42 bits per heavy atom. The predicted octanol–water partition coefficient (Wildman–Crippen LogP) is 7.73. The Bertz CT molecular complexity index is 1100. The molecule has 5 rings (SSSR count). The number of rotatable bonds is 11. The van der Waals surface area contributed by atoms with Crippen molar-refractivity contribution in [3.8, 4) is 22.6 Å². The van der Waals surface area contributed by atoms with E-state index >= 15 is 0 Å². The molecule has 3 aromatic carbocycles. The molecule has 0 saturated carbocycles. The zero-order valence-electron chi connectivity index (χ0n) is 23.3. The van der Waals surface area contributed by atoms with E-state index in [-0.39, 0.29) is 0 Å². The number of methoxy groups -OCH3 is 1. The van der Waals surface area contributed by atoms with Crippen molar-refractivity contribution >= 4 is 0 Å². The number of benzene rings is 3. The molecule has 4 heteroatoms. The van der Waals surface area contributed by atoms with Gasteiger partial charge in [0.1, 0.15) is 11.5 Å². The van der Waals surface area contributed by atoms with Gasteiger partial charge in [0, 0.05) is 18.6 Å². The Morgan fingerprint density at radius 1 is 0.763 bits per heavy atom. The maximum absolute atomic E-state index is 6.04. The minimum atomic E-state index is 0.438. The molecule has 2 fully saturated rings. The van der Waals surface area contributed by atoms with Crippen molar-refractivity contribution in [3.63, 3.8) is 0 Å². The van der Waals surface area contributed by atoms with Gasteiger partial charge in [-0.25, -0.2) is 0 Å². The van der Waals surface area contributed by atoms with Gasteiger partial charge in [-0.3, -0.25) is 9.80 Å². The van der Waals surface area contributed by atoms with Gasteiger partial charge in [-0.1, -0.05) is 55.0 Å². The largest absolute Gasteiger partial charge is 0.497 e. The number of nitrogens with zero attached hydrogens (tertiary/aromatic N) is 2. The van der Waals surface area contributed by atoms with Crippen LogP contribution in [-0.2, 0) is 6.54 Å². The number of hydrogen-bond acceptors (Lipinski definition) is 4. The second kappa shape index (κ2) is 13.3. The first-order chi connectivity index (χ1) is 18.7. The summed E-state index contributed by atoms with van der Waals surface area (Å²) in [4.78, 5) is 5.30. The first kappa shape index (κ1) is 26.8. The zero-order chi connectivity index (χ0) is 26.2. The molecule has 2 heterocycles. The normalized spacial score (nSPS) is 19.4. The molecule has 0 aliphatic carbocycles. The van der Waals surface area contributed by atoms with Gasteiger partial charge in [-0.2, -0.15) is 0 Å². The Morgan fingerprint density at radius 3 is 2.05 bits per heavy atom. The first-order valence-electron chi connectivity index (χ1n) is 14.6. The maximum atomic E-state index is 6.04. The van der Waals surface area contributed by atoms with Crippen LogP contribution in [0.5, 0.6) is 11.5 Å². The lowest BCUT2D eigenvalue weighted by Gasteiger charge is -2.32. The molecule has 0 amide bonds. The minimum absolute atomic E-state index is 0.438. The van der Waals surface area contributed by atoms with Crippen LogP contribution in [0.1, 0.15) is 69.0 Å². The molecule has 0 aromatic heterocycles. The van der Waals surface area contributed by atoms with E-state index in [2.05, 4.69) is 65.3 Å². The summed E-state index contributed by atoms with van der Waals surface area (Å²) in [7, 11) is 1.69. The smallest absolute Gasteiger partial charge is 0.119 e. The fourth-order valence-corrected chi connectivity index (χ4v) is 6.16. The Balaban J connectivity index is 1.20. The number of hydrogen-bond donors (Lipinski definition) is 0. The first-order valence-corrected chi connectivity index (χ1v) is 14.6. The second-order valence-corrected chi connectivity index (χ2v) is 11.1. The molecule has 4 nitrogen and oxygen atoms in total. The lowest BCUT2D eigenvalue weighted by molar-refractivity contribution is 0.170. The summed E-state index contributed by atoms with van der Waals surface area (Å²) >= 11 is 0. The topological polar surface area (TPSA) is 24.9 Å². The fraction of sp³-hybridized carbons (Fsp3) is 0.471. The van der Waals surface area contributed by atoms with Gasteiger partial charge in [-0.15, -0.1) is 0 Å². The van der Waals surface area contributed by atoms with E-state index in [4.69, 9.17) is 9.47 Å². The van der Waals surface area contributed by atoms with Crippen molar-refractivity contribution in [2.24, 2.45) is 0 Å². The Hall–Kier alpha value is -2.82. The Labute approximate surface area is 229 Å². The van der Waals surface area contributed by atoms with Gasteiger partial charge in [0.15, 0.2) is 0 Å². The maximum Gasteiger partial charge on any atom is 0.119 e. The van der Waals surface area contributed by atoms with E-state index < -0.39 is 0 Å². The van der Waals surface area contributed by atoms with Gasteiger partial charge in [0.05, 0.1) is 13.7 Å². The van der Waals surface area contributed by atoms with E-state index in [0.29, 0.717) is 12.1 Å². The van der Waals surface area contributed by atoms with Crippen LogP contribution in [0.25, 0.3) is 11.1 Å². The van der Waals surface area contributed by atoms with E-state index in [1.807, 2.05) is 24.3 Å². The quantitative estimate of drug-likeness (QED) is 0.245. The highest BCUT2D eigenvalue weighted by Gasteiger charge is 2.28. The summed E-state index contributed by atoms with van der Waals surface area (Å²) in [5.41, 5.74) is 5.45. The molecule has 0 unspecified atom stereocenters. The summed E-state index contributed by atoms with van der Waals surface area (Å²) in [6, 6.07) is 27.5. The van der Waals surface area contributed by atoms with Crippen LogP contribution in [0.15, 0.2) is 72.8 Å². The molecule has 0 radical (unpaired) electrons. The highest BCUT2D eigenvalue weighted by Crippen LogP contribution is 2.34. The third-order valence-electron chi connectivity index (χ3n) is 8.39. The highest BCUT2D eigenvalue weighted by atomic mass is 16.5. The van der Waals surface area contributed by atoms with Gasteiger partial charge in [0.2, 0.25) is 0 Å². The molecule has 3 aromatic rings. The van der Waals surface area contributed by atoms with Crippen molar-refractivity contribution in [2.75, 3.05) is 33.4 Å². The van der Waals surface area contributed by atoms with Gasteiger partial charge >= 0.3 is 0 Å². The van der Waals surface area contributed by atoms with Crippen LogP contribution in [0.2, 0.25) is 0 Å². The Kier molecular flexibility index (Phi) is 9.37. The SMILES string of the molecule is COc1ccc(OCCC[C@H](c2ccc(-c3ccc(CN4CCCCC4)cc3)cc2)N2CCC[C@@H]2C)cc1. The molecule has 0 spiro atoms. The molecule has 2 aliphatic heterocycles. The van der Waals surface area contributed by atoms with Crippen LogP contribution >= 0.6 is 0 Å². The number of ether oxygens (including phenoxy) is 2. The molecule has 0 N–H and O–H groups in total. The van der Waals surface area contributed by atoms with E-state index in [9.17, 15) is 0 Å². The van der Waals surface area contributed by atoms with Crippen LogP contribution in [0, 0.1) is 0 Å². The van der Waals surface area contributed by atoms with E-state index in [1.54, 1.807) is 7.11 Å². The van der Waals surface area contributed by atoms with E-state index in [1.165, 1.54) is 74.0 Å². The highest BCUT2D eigenvalue weighted by molar-refractivity contribution is 5.64. The summed E-state index contributed by atoms with van der Waals surface area (Å²) in [6.07, 6.45) is 8.79. The molecule has 38 heavy (non-hydrogen) atoms. The molecular weight excluding hydrogens is 468 g/mol. The third-order valence-corrected chi connectivity index (χ3v) is 8.39.